The first-order chi connectivity index (χ1) is 10.2. The Bertz CT molecular complexity index is 677. The van der Waals surface area contributed by atoms with Crippen LogP contribution < -0.4 is 0 Å². The lowest BCUT2D eigenvalue weighted by molar-refractivity contribution is -0.144. The molecule has 1 saturated carbocycles. The molecule has 0 radical (unpaired) electrons. The Balaban J connectivity index is 1.57. The molecule has 2 aliphatic rings. The van der Waals surface area contributed by atoms with Crippen molar-refractivity contribution >= 4 is 17.3 Å². The predicted octanol–water partition coefficient (Wildman–Crippen LogP) is 2.19. The van der Waals surface area contributed by atoms with Crippen molar-refractivity contribution in [1.29, 1.82) is 0 Å². The number of thiophene rings is 1. The van der Waals surface area contributed by atoms with Crippen LogP contribution in [0.4, 0.5) is 0 Å². The summed E-state index contributed by atoms with van der Waals surface area (Å²) in [6.45, 7) is 1.13. The lowest BCUT2D eigenvalue weighted by atomic mass is 10.00. The Kier molecular flexibility index (Phi) is 3.04. The van der Waals surface area contributed by atoms with Crippen molar-refractivity contribution in [2.75, 3.05) is 6.54 Å². The van der Waals surface area contributed by atoms with Gasteiger partial charge in [-0.15, -0.1) is 11.3 Å². The highest BCUT2D eigenvalue weighted by atomic mass is 32.1. The molecule has 3 heterocycles. The number of hydrogen-bond acceptors (Lipinski definition) is 6. The summed E-state index contributed by atoms with van der Waals surface area (Å²) in [5, 5.41) is 15.5. The Labute approximate surface area is 125 Å². The molecule has 1 fully saturated rings. The van der Waals surface area contributed by atoms with Gasteiger partial charge in [-0.25, -0.2) is 0 Å². The van der Waals surface area contributed by atoms with Crippen molar-refractivity contribution in [2.45, 2.75) is 37.8 Å². The normalized spacial score (nSPS) is 22.2. The van der Waals surface area contributed by atoms with E-state index in [9.17, 15) is 9.90 Å². The van der Waals surface area contributed by atoms with Crippen LogP contribution in [0, 0.1) is 0 Å². The molecule has 0 spiro atoms. The summed E-state index contributed by atoms with van der Waals surface area (Å²) in [4.78, 5) is 19.1. The SMILES string of the molecule is O=C(O)C1c2ccsc2CCN1Cc1noc(C2CC2)n1. The molecular weight excluding hydrogens is 290 g/mol. The van der Waals surface area contributed by atoms with Crippen LogP contribution in [0.3, 0.4) is 0 Å². The zero-order chi connectivity index (χ0) is 14.4. The molecule has 0 amide bonds. The molecule has 0 saturated heterocycles. The third kappa shape index (κ3) is 2.36. The first-order valence-electron chi connectivity index (χ1n) is 7.08. The van der Waals surface area contributed by atoms with Crippen LogP contribution in [0.15, 0.2) is 16.0 Å². The average molecular weight is 305 g/mol. The molecule has 6 nitrogen and oxygen atoms in total. The first kappa shape index (κ1) is 13.0. The summed E-state index contributed by atoms with van der Waals surface area (Å²) in [7, 11) is 0. The summed E-state index contributed by atoms with van der Waals surface area (Å²) in [5.74, 6) is 0.888. The fraction of sp³-hybridized carbons (Fsp3) is 0.500. The largest absolute Gasteiger partial charge is 0.480 e. The summed E-state index contributed by atoms with van der Waals surface area (Å²) in [5.41, 5.74) is 0.907. The second-order valence-corrected chi connectivity index (χ2v) is 6.58. The van der Waals surface area contributed by atoms with Crippen molar-refractivity contribution in [1.82, 2.24) is 15.0 Å². The Morgan fingerprint density at radius 3 is 3.14 bits per heavy atom. The van der Waals surface area contributed by atoms with Gasteiger partial charge in [0.1, 0.15) is 6.04 Å². The maximum atomic E-state index is 11.6. The van der Waals surface area contributed by atoms with Gasteiger partial charge in [-0.05, 0) is 36.3 Å². The molecule has 2 aromatic heterocycles. The summed E-state index contributed by atoms with van der Waals surface area (Å²) < 4.78 is 5.25. The lowest BCUT2D eigenvalue weighted by Crippen LogP contribution is -2.38. The topological polar surface area (TPSA) is 79.5 Å². The predicted molar refractivity (Wildman–Crippen MR) is 75.1 cm³/mol. The van der Waals surface area contributed by atoms with Gasteiger partial charge in [-0.2, -0.15) is 4.98 Å². The van der Waals surface area contributed by atoms with E-state index in [4.69, 9.17) is 4.52 Å². The standard InChI is InChI=1S/C14H15N3O3S/c18-14(19)12-9-4-6-21-10(9)3-5-17(12)7-11-15-13(20-16-11)8-1-2-8/h4,6,8,12H,1-3,5,7H2,(H,18,19). The van der Waals surface area contributed by atoms with Crippen LogP contribution in [0.2, 0.25) is 0 Å². The fourth-order valence-electron chi connectivity index (χ4n) is 2.84. The maximum absolute atomic E-state index is 11.6. The maximum Gasteiger partial charge on any atom is 0.325 e. The fourth-order valence-corrected chi connectivity index (χ4v) is 3.74. The van der Waals surface area contributed by atoms with Crippen LogP contribution in [0.5, 0.6) is 0 Å². The van der Waals surface area contributed by atoms with E-state index in [1.54, 1.807) is 11.3 Å². The zero-order valence-corrected chi connectivity index (χ0v) is 12.2. The second kappa shape index (κ2) is 4.92. The molecule has 1 N–H and O–H groups in total. The minimum Gasteiger partial charge on any atom is -0.480 e. The molecule has 21 heavy (non-hydrogen) atoms. The van der Waals surface area contributed by atoms with E-state index in [0.717, 1.165) is 24.8 Å². The lowest BCUT2D eigenvalue weighted by Gasteiger charge is -2.31. The number of aliphatic carboxylic acids is 1. The Hall–Kier alpha value is -1.73. The van der Waals surface area contributed by atoms with Crippen molar-refractivity contribution in [3.8, 4) is 0 Å². The second-order valence-electron chi connectivity index (χ2n) is 5.58. The number of rotatable bonds is 4. The van der Waals surface area contributed by atoms with Gasteiger partial charge in [-0.3, -0.25) is 9.69 Å². The van der Waals surface area contributed by atoms with Gasteiger partial charge in [0.05, 0.1) is 6.54 Å². The monoisotopic (exact) mass is 305 g/mol. The molecule has 4 rings (SSSR count). The smallest absolute Gasteiger partial charge is 0.325 e. The van der Waals surface area contributed by atoms with Crippen LogP contribution in [-0.4, -0.2) is 32.7 Å². The van der Waals surface area contributed by atoms with Gasteiger partial charge in [0, 0.05) is 17.3 Å². The molecule has 1 aliphatic carbocycles. The number of nitrogens with zero attached hydrogens (tertiary/aromatic N) is 3. The van der Waals surface area contributed by atoms with Gasteiger partial charge >= 0.3 is 5.97 Å². The van der Waals surface area contributed by atoms with Crippen LogP contribution in [0.1, 0.15) is 47.0 Å². The minimum atomic E-state index is -0.819. The van der Waals surface area contributed by atoms with Crippen LogP contribution >= 0.6 is 11.3 Å². The summed E-state index contributed by atoms with van der Waals surface area (Å²) in [6.07, 6.45) is 3.10. The number of carbonyl (C=O) groups is 1. The number of carboxylic acids is 1. The first-order valence-corrected chi connectivity index (χ1v) is 7.96. The highest BCUT2D eigenvalue weighted by Crippen LogP contribution is 2.39. The number of fused-ring (bicyclic) bond motifs is 1. The van der Waals surface area contributed by atoms with Gasteiger partial charge in [0.25, 0.3) is 0 Å². The van der Waals surface area contributed by atoms with E-state index in [1.165, 1.54) is 4.88 Å². The Morgan fingerprint density at radius 1 is 1.52 bits per heavy atom. The molecule has 7 heteroatoms. The molecule has 1 atom stereocenters. The summed E-state index contributed by atoms with van der Waals surface area (Å²) in [6, 6.07) is 1.31. The molecule has 0 aromatic carbocycles. The third-order valence-corrected chi connectivity index (χ3v) is 5.05. The van der Waals surface area contributed by atoms with Gasteiger partial charge < -0.3 is 9.63 Å². The quantitative estimate of drug-likeness (QED) is 0.932. The molecule has 1 aliphatic heterocycles. The highest BCUT2D eigenvalue weighted by molar-refractivity contribution is 7.10. The van der Waals surface area contributed by atoms with Gasteiger partial charge in [0.15, 0.2) is 5.82 Å². The highest BCUT2D eigenvalue weighted by Gasteiger charge is 2.35. The van der Waals surface area contributed by atoms with Crippen molar-refractivity contribution in [3.63, 3.8) is 0 Å². The van der Waals surface area contributed by atoms with E-state index in [0.29, 0.717) is 30.7 Å². The van der Waals surface area contributed by atoms with Crippen molar-refractivity contribution < 1.29 is 14.4 Å². The summed E-state index contributed by atoms with van der Waals surface area (Å²) >= 11 is 1.63. The van der Waals surface area contributed by atoms with E-state index >= 15 is 0 Å². The molecule has 1 unspecified atom stereocenters. The third-order valence-electron chi connectivity index (χ3n) is 4.05. The Morgan fingerprint density at radius 2 is 2.38 bits per heavy atom. The molecule has 2 aromatic rings. The van der Waals surface area contributed by atoms with Gasteiger partial charge in [-0.1, -0.05) is 5.16 Å². The number of carboxylic acid groups (broad SMARTS) is 1. The van der Waals surface area contributed by atoms with E-state index in [-0.39, 0.29) is 0 Å². The molecule has 0 bridgehead atoms. The van der Waals surface area contributed by atoms with Crippen LogP contribution in [-0.2, 0) is 17.8 Å². The van der Waals surface area contributed by atoms with E-state index in [1.807, 2.05) is 16.3 Å². The van der Waals surface area contributed by atoms with Crippen LogP contribution in [0.25, 0.3) is 0 Å². The minimum absolute atomic E-state index is 0.419. The average Bonchev–Trinajstić information content (AvgIpc) is 3.02. The molecule has 110 valence electrons. The van der Waals surface area contributed by atoms with Crippen molar-refractivity contribution in [2.24, 2.45) is 0 Å². The van der Waals surface area contributed by atoms with Crippen molar-refractivity contribution in [3.05, 3.63) is 33.6 Å². The molecular formula is C14H15N3O3S. The van der Waals surface area contributed by atoms with E-state index < -0.39 is 12.0 Å². The zero-order valence-electron chi connectivity index (χ0n) is 11.4. The number of hydrogen-bond donors (Lipinski definition) is 1. The van der Waals surface area contributed by atoms with E-state index in [2.05, 4.69) is 10.1 Å². The van der Waals surface area contributed by atoms with Gasteiger partial charge in [0.2, 0.25) is 5.89 Å². The number of aromatic nitrogens is 2.